The fourth-order valence-corrected chi connectivity index (χ4v) is 3.16. The molecule has 1 N–H and O–H groups in total. The van der Waals surface area contributed by atoms with Crippen molar-refractivity contribution in [1.82, 2.24) is 0 Å². The van der Waals surface area contributed by atoms with Gasteiger partial charge in [-0.2, -0.15) is 5.26 Å². The number of nitrogens with zero attached hydrogens (tertiary/aromatic N) is 1. The van der Waals surface area contributed by atoms with Crippen LogP contribution in [0.15, 0.2) is 24.3 Å². The van der Waals surface area contributed by atoms with Crippen LogP contribution in [0.1, 0.15) is 18.4 Å². The van der Waals surface area contributed by atoms with Gasteiger partial charge in [-0.15, -0.1) is 0 Å². The first-order valence-corrected chi connectivity index (χ1v) is 6.89. The monoisotopic (exact) mass is 234 g/mol. The molecule has 1 heterocycles. The van der Waals surface area contributed by atoms with E-state index in [4.69, 9.17) is 5.26 Å². The van der Waals surface area contributed by atoms with Gasteiger partial charge in [0.1, 0.15) is 6.07 Å². The van der Waals surface area contributed by atoms with Crippen LogP contribution in [0.5, 0.6) is 0 Å². The fourth-order valence-electron chi connectivity index (χ4n) is 1.86. The van der Waals surface area contributed by atoms with E-state index in [0.717, 1.165) is 30.0 Å². The van der Waals surface area contributed by atoms with Crippen molar-refractivity contribution < 1.29 is 4.21 Å². The number of anilines is 1. The molecule has 0 bridgehead atoms. The second-order valence-electron chi connectivity index (χ2n) is 3.92. The number of hydrogen-bond donors (Lipinski definition) is 1. The lowest BCUT2D eigenvalue weighted by molar-refractivity contribution is 0.624. The molecule has 1 saturated heterocycles. The number of rotatable bonds is 2. The highest BCUT2D eigenvalue weighted by Gasteiger charge is 2.18. The minimum Gasteiger partial charge on any atom is -0.381 e. The van der Waals surface area contributed by atoms with E-state index < -0.39 is 10.8 Å². The van der Waals surface area contributed by atoms with Crippen molar-refractivity contribution in [3.63, 3.8) is 0 Å². The Balaban J connectivity index is 2.04. The Kier molecular flexibility index (Phi) is 3.58. The van der Waals surface area contributed by atoms with Gasteiger partial charge in [-0.05, 0) is 25.0 Å². The number of nitriles is 1. The summed E-state index contributed by atoms with van der Waals surface area (Å²) in [7, 11) is -0.631. The van der Waals surface area contributed by atoms with Gasteiger partial charge in [-0.3, -0.25) is 4.21 Å². The number of hydrogen-bond acceptors (Lipinski definition) is 3. The predicted molar refractivity (Wildman–Crippen MR) is 65.7 cm³/mol. The molecule has 1 aromatic rings. The van der Waals surface area contributed by atoms with Crippen molar-refractivity contribution in [1.29, 1.82) is 5.26 Å². The maximum atomic E-state index is 11.2. The third-order valence-corrected chi connectivity index (χ3v) is 4.18. The van der Waals surface area contributed by atoms with Crippen molar-refractivity contribution in [2.75, 3.05) is 16.8 Å². The second kappa shape index (κ2) is 5.13. The highest BCUT2D eigenvalue weighted by atomic mass is 32.2. The van der Waals surface area contributed by atoms with Crippen molar-refractivity contribution in [3.8, 4) is 6.07 Å². The molecule has 3 nitrogen and oxygen atoms in total. The average molecular weight is 234 g/mol. The van der Waals surface area contributed by atoms with Gasteiger partial charge in [0.2, 0.25) is 0 Å². The van der Waals surface area contributed by atoms with E-state index in [1.54, 1.807) is 0 Å². The number of para-hydroxylation sites is 1. The maximum Gasteiger partial charge on any atom is 0.101 e. The first-order valence-electron chi connectivity index (χ1n) is 5.40. The Morgan fingerprint density at radius 1 is 1.31 bits per heavy atom. The first-order chi connectivity index (χ1) is 7.79. The van der Waals surface area contributed by atoms with Crippen LogP contribution >= 0.6 is 0 Å². The van der Waals surface area contributed by atoms with Crippen LogP contribution in [0, 0.1) is 11.3 Å². The molecule has 0 aliphatic carbocycles. The first kappa shape index (κ1) is 11.2. The lowest BCUT2D eigenvalue weighted by atomic mass is 10.1. The van der Waals surface area contributed by atoms with E-state index in [1.165, 1.54) is 0 Å². The molecular formula is C12H14N2OS. The van der Waals surface area contributed by atoms with Crippen LogP contribution in [0.2, 0.25) is 0 Å². The smallest absolute Gasteiger partial charge is 0.101 e. The van der Waals surface area contributed by atoms with E-state index >= 15 is 0 Å². The molecule has 1 fully saturated rings. The Morgan fingerprint density at radius 2 is 2.00 bits per heavy atom. The van der Waals surface area contributed by atoms with E-state index in [1.807, 2.05) is 24.3 Å². The molecule has 0 atom stereocenters. The summed E-state index contributed by atoms with van der Waals surface area (Å²) in [5.41, 5.74) is 1.57. The zero-order valence-electron chi connectivity index (χ0n) is 8.98. The number of benzene rings is 1. The molecule has 4 heteroatoms. The fraction of sp³-hybridized carbons (Fsp3) is 0.417. The average Bonchev–Trinajstić information content (AvgIpc) is 2.33. The third-order valence-electron chi connectivity index (χ3n) is 2.80. The molecule has 0 unspecified atom stereocenters. The summed E-state index contributed by atoms with van der Waals surface area (Å²) in [6.45, 7) is 0. The van der Waals surface area contributed by atoms with Crippen LogP contribution < -0.4 is 5.32 Å². The predicted octanol–water partition coefficient (Wildman–Crippen LogP) is 1.88. The molecule has 1 aromatic carbocycles. The van der Waals surface area contributed by atoms with E-state index in [9.17, 15) is 4.21 Å². The van der Waals surface area contributed by atoms with Crippen LogP contribution in [0.3, 0.4) is 0 Å². The van der Waals surface area contributed by atoms with Crippen molar-refractivity contribution in [3.05, 3.63) is 29.8 Å². The van der Waals surface area contributed by atoms with Gasteiger partial charge < -0.3 is 5.32 Å². The van der Waals surface area contributed by atoms with E-state index in [2.05, 4.69) is 11.4 Å². The number of nitrogens with one attached hydrogen (secondary N) is 1. The zero-order chi connectivity index (χ0) is 11.4. The molecule has 0 amide bonds. The maximum absolute atomic E-state index is 11.2. The molecular weight excluding hydrogens is 220 g/mol. The second-order valence-corrected chi connectivity index (χ2v) is 5.62. The molecule has 0 aromatic heterocycles. The summed E-state index contributed by atoms with van der Waals surface area (Å²) in [6, 6.07) is 10.0. The van der Waals surface area contributed by atoms with Gasteiger partial charge >= 0.3 is 0 Å². The Bertz CT molecular complexity index is 429. The minimum atomic E-state index is -0.631. The quantitative estimate of drug-likeness (QED) is 0.850. The van der Waals surface area contributed by atoms with Crippen LogP contribution in [0.4, 0.5) is 5.69 Å². The molecule has 2 rings (SSSR count). The van der Waals surface area contributed by atoms with Gasteiger partial charge in [0.15, 0.2) is 0 Å². The van der Waals surface area contributed by atoms with Crippen LogP contribution in [-0.4, -0.2) is 21.8 Å². The van der Waals surface area contributed by atoms with Crippen molar-refractivity contribution in [2.24, 2.45) is 0 Å². The highest BCUT2D eigenvalue weighted by Crippen LogP contribution is 2.19. The van der Waals surface area contributed by atoms with Gasteiger partial charge in [0.05, 0.1) is 11.3 Å². The summed E-state index contributed by atoms with van der Waals surface area (Å²) in [4.78, 5) is 0. The Hall–Kier alpha value is -1.34. The lowest BCUT2D eigenvalue weighted by Gasteiger charge is -2.23. The normalized spacial score (nSPS) is 24.7. The van der Waals surface area contributed by atoms with E-state index in [-0.39, 0.29) is 0 Å². The minimum absolute atomic E-state index is 0.354. The summed E-state index contributed by atoms with van der Waals surface area (Å²) >= 11 is 0. The summed E-state index contributed by atoms with van der Waals surface area (Å²) in [5.74, 6) is 1.54. The van der Waals surface area contributed by atoms with Gasteiger partial charge in [0.25, 0.3) is 0 Å². The van der Waals surface area contributed by atoms with E-state index in [0.29, 0.717) is 11.6 Å². The van der Waals surface area contributed by atoms with Gasteiger partial charge in [-0.1, -0.05) is 12.1 Å². The SMILES string of the molecule is N#Cc1ccccc1NC1CCS(=O)CC1. The van der Waals surface area contributed by atoms with Gasteiger partial charge in [-0.25, -0.2) is 0 Å². The molecule has 0 radical (unpaired) electrons. The molecule has 16 heavy (non-hydrogen) atoms. The third kappa shape index (κ3) is 2.61. The summed E-state index contributed by atoms with van der Waals surface area (Å²) in [6.07, 6.45) is 1.85. The summed E-state index contributed by atoms with van der Waals surface area (Å²) in [5, 5.41) is 12.3. The topological polar surface area (TPSA) is 52.9 Å². The Morgan fingerprint density at radius 3 is 2.69 bits per heavy atom. The van der Waals surface area contributed by atoms with Crippen LogP contribution in [-0.2, 0) is 10.8 Å². The molecule has 84 valence electrons. The molecule has 1 aliphatic rings. The largest absolute Gasteiger partial charge is 0.381 e. The highest BCUT2D eigenvalue weighted by molar-refractivity contribution is 7.85. The Labute approximate surface area is 97.9 Å². The molecule has 0 saturated carbocycles. The lowest BCUT2D eigenvalue weighted by Crippen LogP contribution is -2.29. The van der Waals surface area contributed by atoms with Gasteiger partial charge in [0, 0.05) is 28.3 Å². The zero-order valence-corrected chi connectivity index (χ0v) is 9.80. The summed E-state index contributed by atoms with van der Waals surface area (Å²) < 4.78 is 11.2. The molecule has 0 spiro atoms. The van der Waals surface area contributed by atoms with Crippen molar-refractivity contribution in [2.45, 2.75) is 18.9 Å². The molecule has 1 aliphatic heterocycles. The standard InChI is InChI=1S/C12H14N2OS/c13-9-10-3-1-2-4-12(10)14-11-5-7-16(15)8-6-11/h1-4,11,14H,5-8H2. The van der Waals surface area contributed by atoms with Crippen molar-refractivity contribution >= 4 is 16.5 Å². The van der Waals surface area contributed by atoms with Crippen LogP contribution in [0.25, 0.3) is 0 Å².